The Labute approximate surface area is 120 Å². The quantitative estimate of drug-likeness (QED) is 0.770. The van der Waals surface area contributed by atoms with E-state index in [9.17, 15) is 4.79 Å². The van der Waals surface area contributed by atoms with Gasteiger partial charge in [0, 0.05) is 19.3 Å². The predicted molar refractivity (Wildman–Crippen MR) is 80.4 cm³/mol. The number of benzene rings is 1. The van der Waals surface area contributed by atoms with Crippen molar-refractivity contribution in [3.05, 3.63) is 24.3 Å². The van der Waals surface area contributed by atoms with E-state index in [2.05, 4.69) is 10.2 Å². The summed E-state index contributed by atoms with van der Waals surface area (Å²) in [5.41, 5.74) is 0.407. The van der Waals surface area contributed by atoms with Gasteiger partial charge in [-0.3, -0.25) is 4.79 Å². The number of nitrogens with one attached hydrogen (secondary N) is 1. The van der Waals surface area contributed by atoms with Crippen molar-refractivity contribution >= 4 is 11.7 Å². The predicted octanol–water partition coefficient (Wildman–Crippen LogP) is 1.67. The van der Waals surface area contributed by atoms with Gasteiger partial charge in [-0.2, -0.15) is 0 Å². The maximum absolute atomic E-state index is 11.8. The number of anilines is 1. The van der Waals surface area contributed by atoms with Crippen molar-refractivity contribution in [2.45, 2.75) is 18.9 Å². The smallest absolute Gasteiger partial charge is 0.325 e. The molecule has 1 aromatic carbocycles. The number of methoxy groups -OCH3 is 2. The number of hydrogen-bond acceptors (Lipinski definition) is 5. The van der Waals surface area contributed by atoms with E-state index in [4.69, 9.17) is 9.47 Å². The average Bonchev–Trinajstić information content (AvgIpc) is 2.51. The van der Waals surface area contributed by atoms with E-state index in [-0.39, 0.29) is 5.97 Å². The molecule has 1 rings (SSSR count). The zero-order chi connectivity index (χ0) is 15.2. The molecule has 0 aliphatic heterocycles. The number of carbonyl (C=O) groups is 1. The highest BCUT2D eigenvalue weighted by Gasteiger charge is 2.32. The summed E-state index contributed by atoms with van der Waals surface area (Å²) in [6.45, 7) is 2.58. The van der Waals surface area contributed by atoms with Gasteiger partial charge >= 0.3 is 5.97 Å². The average molecular weight is 280 g/mol. The summed E-state index contributed by atoms with van der Waals surface area (Å²) in [6.07, 6.45) is 0.651. The Morgan fingerprint density at radius 2 is 1.90 bits per heavy atom. The summed E-state index contributed by atoms with van der Waals surface area (Å²) in [7, 11) is 6.82. The van der Waals surface area contributed by atoms with Crippen molar-refractivity contribution in [3.63, 3.8) is 0 Å². The molecule has 0 aromatic heterocycles. The Morgan fingerprint density at radius 3 is 2.35 bits per heavy atom. The van der Waals surface area contributed by atoms with Crippen molar-refractivity contribution in [2.75, 3.05) is 39.8 Å². The van der Waals surface area contributed by atoms with Crippen LogP contribution in [0.2, 0.25) is 0 Å². The van der Waals surface area contributed by atoms with Crippen LogP contribution in [0.25, 0.3) is 0 Å². The van der Waals surface area contributed by atoms with Crippen molar-refractivity contribution in [1.82, 2.24) is 5.32 Å². The zero-order valence-electron chi connectivity index (χ0n) is 12.9. The van der Waals surface area contributed by atoms with Crippen LogP contribution < -0.4 is 15.0 Å². The molecule has 0 fully saturated rings. The van der Waals surface area contributed by atoms with Gasteiger partial charge < -0.3 is 19.7 Å². The number of hydrogen-bond donors (Lipinski definition) is 1. The van der Waals surface area contributed by atoms with Crippen LogP contribution in [-0.4, -0.2) is 46.4 Å². The molecule has 112 valence electrons. The van der Waals surface area contributed by atoms with E-state index in [1.54, 1.807) is 14.2 Å². The number of carbonyl (C=O) groups excluding carboxylic acids is 1. The van der Waals surface area contributed by atoms with E-state index < -0.39 is 5.54 Å². The maximum atomic E-state index is 11.8. The second-order valence-electron chi connectivity index (χ2n) is 4.94. The van der Waals surface area contributed by atoms with Crippen LogP contribution in [-0.2, 0) is 9.53 Å². The lowest BCUT2D eigenvalue weighted by Crippen LogP contribution is -2.50. The molecule has 1 aromatic rings. The van der Waals surface area contributed by atoms with E-state index in [0.29, 0.717) is 6.42 Å². The Balaban J connectivity index is 2.65. The molecule has 1 N–H and O–H groups in total. The lowest BCUT2D eigenvalue weighted by Gasteiger charge is -2.29. The zero-order valence-corrected chi connectivity index (χ0v) is 12.9. The fraction of sp³-hybridized carbons (Fsp3) is 0.533. The molecule has 0 bridgehead atoms. The molecule has 1 unspecified atom stereocenters. The van der Waals surface area contributed by atoms with Crippen LogP contribution >= 0.6 is 0 Å². The first-order valence-electron chi connectivity index (χ1n) is 6.59. The molecule has 0 amide bonds. The van der Waals surface area contributed by atoms with Gasteiger partial charge in [-0.15, -0.1) is 0 Å². The van der Waals surface area contributed by atoms with Gasteiger partial charge in [0.05, 0.1) is 14.2 Å². The molecule has 0 radical (unpaired) electrons. The van der Waals surface area contributed by atoms with Crippen molar-refractivity contribution in [1.29, 1.82) is 0 Å². The highest BCUT2D eigenvalue weighted by molar-refractivity contribution is 5.80. The number of ether oxygens (including phenoxy) is 2. The molecule has 1 atom stereocenters. The number of likely N-dealkylation sites (N-methyl/N-ethyl adjacent to an activating group) is 1. The van der Waals surface area contributed by atoms with Crippen molar-refractivity contribution in [3.8, 4) is 5.75 Å². The van der Waals surface area contributed by atoms with Gasteiger partial charge in [0.25, 0.3) is 0 Å². The van der Waals surface area contributed by atoms with E-state index in [1.165, 1.54) is 7.11 Å². The molecule has 0 aliphatic carbocycles. The molecule has 20 heavy (non-hydrogen) atoms. The first-order chi connectivity index (χ1) is 9.46. The minimum atomic E-state index is -0.671. The second-order valence-corrected chi connectivity index (χ2v) is 4.94. The lowest BCUT2D eigenvalue weighted by atomic mass is 9.98. The number of rotatable bonds is 7. The van der Waals surface area contributed by atoms with Crippen LogP contribution in [0.4, 0.5) is 5.69 Å². The molecule has 0 saturated heterocycles. The molecule has 5 heteroatoms. The highest BCUT2D eigenvalue weighted by Crippen LogP contribution is 2.20. The summed E-state index contributed by atoms with van der Waals surface area (Å²) in [5, 5.41) is 3.03. The third kappa shape index (κ3) is 3.87. The van der Waals surface area contributed by atoms with E-state index >= 15 is 0 Å². The minimum Gasteiger partial charge on any atom is -0.497 e. The fourth-order valence-corrected chi connectivity index (χ4v) is 1.91. The first kappa shape index (κ1) is 16.3. The third-order valence-electron chi connectivity index (χ3n) is 3.65. The molecular formula is C15H24N2O3. The summed E-state index contributed by atoms with van der Waals surface area (Å²) in [6, 6.07) is 7.83. The van der Waals surface area contributed by atoms with E-state index in [1.807, 2.05) is 38.2 Å². The summed E-state index contributed by atoms with van der Waals surface area (Å²) >= 11 is 0. The Kier molecular flexibility index (Phi) is 5.82. The number of nitrogens with zero attached hydrogens (tertiary/aromatic N) is 1. The van der Waals surface area contributed by atoms with Gasteiger partial charge in [-0.05, 0) is 44.7 Å². The molecular weight excluding hydrogens is 256 g/mol. The second kappa shape index (κ2) is 7.14. The fourth-order valence-electron chi connectivity index (χ4n) is 1.91. The Hall–Kier alpha value is -1.75. The van der Waals surface area contributed by atoms with Crippen LogP contribution in [0.1, 0.15) is 13.3 Å². The molecule has 5 nitrogen and oxygen atoms in total. The van der Waals surface area contributed by atoms with Crippen LogP contribution in [0.15, 0.2) is 24.3 Å². The molecule has 0 spiro atoms. The van der Waals surface area contributed by atoms with Gasteiger partial charge in [0.2, 0.25) is 0 Å². The molecule has 0 saturated carbocycles. The lowest BCUT2D eigenvalue weighted by molar-refractivity contribution is -0.147. The van der Waals surface area contributed by atoms with Gasteiger partial charge in [0.15, 0.2) is 0 Å². The normalized spacial score (nSPS) is 13.4. The van der Waals surface area contributed by atoms with Crippen molar-refractivity contribution < 1.29 is 14.3 Å². The standard InChI is InChI=1S/C15H24N2O3/c1-15(16-2,14(18)20-5)10-11-17(3)12-6-8-13(19-4)9-7-12/h6-9,16H,10-11H2,1-5H3. The maximum Gasteiger partial charge on any atom is 0.325 e. The highest BCUT2D eigenvalue weighted by atomic mass is 16.5. The van der Waals surface area contributed by atoms with Gasteiger partial charge in [-0.1, -0.05) is 0 Å². The summed E-state index contributed by atoms with van der Waals surface area (Å²) < 4.78 is 9.97. The molecule has 0 aliphatic rings. The number of esters is 1. The van der Waals surface area contributed by atoms with Crippen LogP contribution in [0.5, 0.6) is 5.75 Å². The van der Waals surface area contributed by atoms with Gasteiger partial charge in [0.1, 0.15) is 11.3 Å². The largest absolute Gasteiger partial charge is 0.497 e. The minimum absolute atomic E-state index is 0.247. The topological polar surface area (TPSA) is 50.8 Å². The first-order valence-corrected chi connectivity index (χ1v) is 6.59. The van der Waals surface area contributed by atoms with Crippen LogP contribution in [0, 0.1) is 0 Å². The summed E-state index contributed by atoms with van der Waals surface area (Å²) in [5.74, 6) is 0.583. The summed E-state index contributed by atoms with van der Waals surface area (Å²) in [4.78, 5) is 13.9. The third-order valence-corrected chi connectivity index (χ3v) is 3.65. The van der Waals surface area contributed by atoms with Gasteiger partial charge in [-0.25, -0.2) is 0 Å². The van der Waals surface area contributed by atoms with Crippen molar-refractivity contribution in [2.24, 2.45) is 0 Å². The van der Waals surface area contributed by atoms with E-state index in [0.717, 1.165) is 18.0 Å². The molecule has 0 heterocycles. The monoisotopic (exact) mass is 280 g/mol. The SMILES string of the molecule is CNC(C)(CCN(C)c1ccc(OC)cc1)C(=O)OC. The Bertz CT molecular complexity index is 433. The Morgan fingerprint density at radius 1 is 1.30 bits per heavy atom. The van der Waals surface area contributed by atoms with Crippen LogP contribution in [0.3, 0.4) is 0 Å².